The number of hydroxylamine groups is 1. The zero-order valence-electron chi connectivity index (χ0n) is 11.0. The highest BCUT2D eigenvalue weighted by Crippen LogP contribution is 2.10. The predicted molar refractivity (Wildman–Crippen MR) is 65.3 cm³/mol. The zero-order chi connectivity index (χ0) is 13.8. The molecule has 1 aromatic rings. The molecule has 5 heteroatoms. The van der Waals surface area contributed by atoms with Crippen molar-refractivity contribution in [1.82, 2.24) is 5.48 Å². The second-order valence-corrected chi connectivity index (χ2v) is 4.98. The molecule has 100 valence electrons. The van der Waals surface area contributed by atoms with Gasteiger partial charge in [-0.15, -0.1) is 0 Å². The van der Waals surface area contributed by atoms with Crippen LogP contribution in [0.25, 0.3) is 0 Å². The standard InChI is InChI=1S/C13H18FNO3/c1-9-7-10(5-6-11(9)14)8-17-15-12(16)18-13(2,3)4/h5-7H,8H2,1-4H3,(H,15,16). The van der Waals surface area contributed by atoms with Crippen LogP contribution in [0.4, 0.5) is 9.18 Å². The first-order valence-corrected chi connectivity index (χ1v) is 5.64. The van der Waals surface area contributed by atoms with Crippen molar-refractivity contribution in [2.75, 3.05) is 0 Å². The Hall–Kier alpha value is -1.62. The lowest BCUT2D eigenvalue weighted by atomic mass is 10.1. The summed E-state index contributed by atoms with van der Waals surface area (Å²) in [5.74, 6) is -0.265. The predicted octanol–water partition coefficient (Wildman–Crippen LogP) is 3.09. The Bertz CT molecular complexity index is 427. The van der Waals surface area contributed by atoms with Crippen LogP contribution in [0.3, 0.4) is 0 Å². The Morgan fingerprint density at radius 2 is 2.06 bits per heavy atom. The molecule has 0 aliphatic heterocycles. The molecule has 0 fully saturated rings. The van der Waals surface area contributed by atoms with Crippen LogP contribution in [-0.2, 0) is 16.2 Å². The van der Waals surface area contributed by atoms with Crippen LogP contribution in [0.1, 0.15) is 31.9 Å². The molecule has 0 spiro atoms. The van der Waals surface area contributed by atoms with Crippen molar-refractivity contribution < 1.29 is 18.8 Å². The highest BCUT2D eigenvalue weighted by molar-refractivity contribution is 5.66. The number of hydrogen-bond donors (Lipinski definition) is 1. The van der Waals surface area contributed by atoms with Gasteiger partial charge in [0.15, 0.2) is 0 Å². The average Bonchev–Trinajstić information content (AvgIpc) is 2.20. The minimum absolute atomic E-state index is 0.153. The van der Waals surface area contributed by atoms with E-state index >= 15 is 0 Å². The smallest absolute Gasteiger partial charge is 0.431 e. The molecular weight excluding hydrogens is 237 g/mol. The first-order chi connectivity index (χ1) is 8.28. The molecule has 18 heavy (non-hydrogen) atoms. The molecule has 1 amide bonds. The van der Waals surface area contributed by atoms with E-state index in [4.69, 9.17) is 9.57 Å². The molecule has 0 aliphatic rings. The summed E-state index contributed by atoms with van der Waals surface area (Å²) in [5, 5.41) is 0. The number of aryl methyl sites for hydroxylation is 1. The zero-order valence-corrected chi connectivity index (χ0v) is 11.0. The van der Waals surface area contributed by atoms with Gasteiger partial charge in [0, 0.05) is 0 Å². The van der Waals surface area contributed by atoms with Crippen LogP contribution >= 0.6 is 0 Å². The number of nitrogens with one attached hydrogen (secondary N) is 1. The third kappa shape index (κ3) is 5.14. The molecule has 1 rings (SSSR count). The van der Waals surface area contributed by atoms with Crippen molar-refractivity contribution >= 4 is 6.09 Å². The SMILES string of the molecule is Cc1cc(CONC(=O)OC(C)(C)C)ccc1F. The number of amides is 1. The van der Waals surface area contributed by atoms with Gasteiger partial charge in [0.25, 0.3) is 0 Å². The molecule has 0 aliphatic carbocycles. The van der Waals surface area contributed by atoms with Gasteiger partial charge < -0.3 is 4.74 Å². The maximum Gasteiger partial charge on any atom is 0.431 e. The highest BCUT2D eigenvalue weighted by Gasteiger charge is 2.15. The topological polar surface area (TPSA) is 47.6 Å². The molecule has 4 nitrogen and oxygen atoms in total. The molecule has 0 aromatic heterocycles. The molecule has 0 saturated carbocycles. The van der Waals surface area contributed by atoms with Crippen molar-refractivity contribution in [3.05, 3.63) is 35.1 Å². The maximum atomic E-state index is 13.0. The lowest BCUT2D eigenvalue weighted by Gasteiger charge is -2.19. The van der Waals surface area contributed by atoms with Gasteiger partial charge in [-0.3, -0.25) is 4.84 Å². The lowest BCUT2D eigenvalue weighted by molar-refractivity contribution is -0.0137. The van der Waals surface area contributed by atoms with Gasteiger partial charge in [0.1, 0.15) is 11.4 Å². The van der Waals surface area contributed by atoms with Crippen LogP contribution in [0.2, 0.25) is 0 Å². The molecule has 0 radical (unpaired) electrons. The Kier molecular flexibility index (Phi) is 4.67. The number of rotatable bonds is 3. The van der Waals surface area contributed by atoms with Gasteiger partial charge >= 0.3 is 6.09 Å². The molecule has 0 bridgehead atoms. The molecular formula is C13H18FNO3. The summed E-state index contributed by atoms with van der Waals surface area (Å²) in [6, 6.07) is 4.62. The largest absolute Gasteiger partial charge is 0.442 e. The van der Waals surface area contributed by atoms with E-state index in [2.05, 4.69) is 5.48 Å². The maximum absolute atomic E-state index is 13.0. The van der Waals surface area contributed by atoms with Gasteiger partial charge in [-0.2, -0.15) is 5.48 Å². The number of ether oxygens (including phenoxy) is 1. The number of benzene rings is 1. The second kappa shape index (κ2) is 5.82. The van der Waals surface area contributed by atoms with Gasteiger partial charge in [-0.25, -0.2) is 9.18 Å². The van der Waals surface area contributed by atoms with Crippen LogP contribution in [0.5, 0.6) is 0 Å². The lowest BCUT2D eigenvalue weighted by Crippen LogP contribution is -2.32. The summed E-state index contributed by atoms with van der Waals surface area (Å²) in [6.45, 7) is 7.10. The van der Waals surface area contributed by atoms with Crippen LogP contribution in [-0.4, -0.2) is 11.7 Å². The summed E-state index contributed by atoms with van der Waals surface area (Å²) >= 11 is 0. The average molecular weight is 255 g/mol. The first-order valence-electron chi connectivity index (χ1n) is 5.64. The number of carbonyl (C=O) groups excluding carboxylic acids is 1. The van der Waals surface area contributed by atoms with Crippen LogP contribution in [0, 0.1) is 12.7 Å². The summed E-state index contributed by atoms with van der Waals surface area (Å²) in [6.07, 6.45) is -0.652. The van der Waals surface area contributed by atoms with E-state index < -0.39 is 11.7 Å². The van der Waals surface area contributed by atoms with Crippen molar-refractivity contribution in [2.24, 2.45) is 0 Å². The molecule has 1 N–H and O–H groups in total. The number of carbonyl (C=O) groups is 1. The number of hydrogen-bond acceptors (Lipinski definition) is 3. The molecule has 1 aromatic carbocycles. The monoisotopic (exact) mass is 255 g/mol. The van der Waals surface area contributed by atoms with E-state index in [9.17, 15) is 9.18 Å². The van der Waals surface area contributed by atoms with E-state index in [1.807, 2.05) is 0 Å². The highest BCUT2D eigenvalue weighted by atomic mass is 19.1. The van der Waals surface area contributed by atoms with E-state index in [-0.39, 0.29) is 12.4 Å². The van der Waals surface area contributed by atoms with Crippen molar-refractivity contribution in [2.45, 2.75) is 39.9 Å². The molecule has 0 unspecified atom stereocenters. The van der Waals surface area contributed by atoms with E-state index in [0.717, 1.165) is 5.56 Å². The van der Waals surface area contributed by atoms with Crippen LogP contribution in [0.15, 0.2) is 18.2 Å². The summed E-state index contributed by atoms with van der Waals surface area (Å²) in [7, 11) is 0. The second-order valence-electron chi connectivity index (χ2n) is 4.98. The molecule has 0 atom stereocenters. The van der Waals surface area contributed by atoms with Gasteiger partial charge in [-0.05, 0) is 44.9 Å². The number of halogens is 1. The fraction of sp³-hybridized carbons (Fsp3) is 0.462. The van der Waals surface area contributed by atoms with Gasteiger partial charge in [-0.1, -0.05) is 12.1 Å². The van der Waals surface area contributed by atoms with Gasteiger partial charge in [0.05, 0.1) is 6.61 Å². The van der Waals surface area contributed by atoms with Crippen molar-refractivity contribution in [3.63, 3.8) is 0 Å². The molecule has 0 saturated heterocycles. The summed E-state index contributed by atoms with van der Waals surface area (Å²) in [4.78, 5) is 16.2. The Morgan fingerprint density at radius 1 is 1.39 bits per heavy atom. The first kappa shape index (κ1) is 14.4. The third-order valence-electron chi connectivity index (χ3n) is 2.02. The fourth-order valence-corrected chi connectivity index (χ4v) is 1.27. The van der Waals surface area contributed by atoms with Crippen molar-refractivity contribution in [1.29, 1.82) is 0 Å². The third-order valence-corrected chi connectivity index (χ3v) is 2.02. The minimum atomic E-state index is -0.652. The fourth-order valence-electron chi connectivity index (χ4n) is 1.27. The van der Waals surface area contributed by atoms with E-state index in [1.165, 1.54) is 6.07 Å². The van der Waals surface area contributed by atoms with Crippen LogP contribution < -0.4 is 5.48 Å². The Morgan fingerprint density at radius 3 is 2.61 bits per heavy atom. The summed E-state index contributed by atoms with van der Waals surface area (Å²) in [5.41, 5.74) is 2.90. The summed E-state index contributed by atoms with van der Waals surface area (Å²) < 4.78 is 18.0. The quantitative estimate of drug-likeness (QED) is 0.844. The molecule has 0 heterocycles. The van der Waals surface area contributed by atoms with E-state index in [0.29, 0.717) is 5.56 Å². The Balaban J connectivity index is 2.38. The Labute approximate surface area is 106 Å². The van der Waals surface area contributed by atoms with Crippen molar-refractivity contribution in [3.8, 4) is 0 Å². The normalized spacial score (nSPS) is 11.2. The van der Waals surface area contributed by atoms with Gasteiger partial charge in [0.2, 0.25) is 0 Å². The minimum Gasteiger partial charge on any atom is -0.442 e. The van der Waals surface area contributed by atoms with E-state index in [1.54, 1.807) is 39.8 Å².